The van der Waals surface area contributed by atoms with E-state index in [1.54, 1.807) is 6.07 Å². The maximum absolute atomic E-state index is 13.1. The van der Waals surface area contributed by atoms with Crippen LogP contribution in [0, 0.1) is 23.1 Å². The van der Waals surface area contributed by atoms with E-state index in [2.05, 4.69) is 24.5 Å². The third kappa shape index (κ3) is 3.37. The molecule has 1 saturated heterocycles. The largest absolute Gasteiger partial charge is 0.352 e. The summed E-state index contributed by atoms with van der Waals surface area (Å²) < 4.78 is 13.1. The van der Waals surface area contributed by atoms with Gasteiger partial charge in [0.25, 0.3) is 5.91 Å². The summed E-state index contributed by atoms with van der Waals surface area (Å²) in [6, 6.07) is 5.56. The second-order valence-electron chi connectivity index (χ2n) is 7.29. The Morgan fingerprint density at radius 1 is 1.21 bits per heavy atom. The van der Waals surface area contributed by atoms with Gasteiger partial charge in [-0.1, -0.05) is 19.9 Å². The molecule has 1 aromatic carbocycles. The highest BCUT2D eigenvalue weighted by molar-refractivity contribution is 5.94. The Balaban J connectivity index is 1.30. The number of rotatable bonds is 5. The number of carbonyl (C=O) groups excluding carboxylic acids is 2. The Bertz CT molecular complexity index is 633. The number of fused-ring (bicyclic) bond motifs is 1. The number of benzene rings is 1. The first kappa shape index (κ1) is 16.7. The molecule has 0 spiro atoms. The number of nitrogens with zero attached hydrogens (tertiary/aromatic N) is 1. The van der Waals surface area contributed by atoms with Crippen LogP contribution in [0.1, 0.15) is 30.6 Å². The van der Waals surface area contributed by atoms with Crippen molar-refractivity contribution in [3.8, 4) is 0 Å². The fourth-order valence-corrected chi connectivity index (χ4v) is 3.63. The van der Waals surface area contributed by atoms with Crippen molar-refractivity contribution in [3.05, 3.63) is 35.6 Å². The van der Waals surface area contributed by atoms with Crippen LogP contribution in [0.2, 0.25) is 0 Å². The van der Waals surface area contributed by atoms with Gasteiger partial charge in [-0.15, -0.1) is 0 Å². The van der Waals surface area contributed by atoms with Gasteiger partial charge in [0.05, 0.1) is 0 Å². The first-order valence-electron chi connectivity index (χ1n) is 8.46. The van der Waals surface area contributed by atoms with E-state index in [1.165, 1.54) is 18.2 Å². The number of amides is 3. The van der Waals surface area contributed by atoms with E-state index in [4.69, 9.17) is 0 Å². The molecule has 1 heterocycles. The molecule has 130 valence electrons. The van der Waals surface area contributed by atoms with Gasteiger partial charge in [-0.3, -0.25) is 4.79 Å². The number of halogens is 1. The molecule has 2 fully saturated rings. The third-order valence-electron chi connectivity index (χ3n) is 5.41. The molecule has 0 radical (unpaired) electrons. The summed E-state index contributed by atoms with van der Waals surface area (Å²) in [5.74, 6) is 0.562. The molecule has 2 aliphatic rings. The Morgan fingerprint density at radius 2 is 1.88 bits per heavy atom. The van der Waals surface area contributed by atoms with Crippen LogP contribution in [0.15, 0.2) is 24.3 Å². The van der Waals surface area contributed by atoms with Crippen molar-refractivity contribution in [2.75, 3.05) is 26.2 Å². The zero-order valence-corrected chi connectivity index (χ0v) is 14.1. The lowest BCUT2D eigenvalue weighted by Crippen LogP contribution is -2.41. The lowest BCUT2D eigenvalue weighted by molar-refractivity contribution is 0.0953. The molecule has 1 aliphatic carbocycles. The van der Waals surface area contributed by atoms with Gasteiger partial charge in [0.1, 0.15) is 5.82 Å². The number of nitrogens with one attached hydrogen (secondary N) is 2. The Hall–Kier alpha value is -2.11. The van der Waals surface area contributed by atoms with E-state index in [0.717, 1.165) is 13.1 Å². The fraction of sp³-hybridized carbons (Fsp3) is 0.556. The van der Waals surface area contributed by atoms with Gasteiger partial charge in [-0.2, -0.15) is 0 Å². The molecule has 3 amide bonds. The van der Waals surface area contributed by atoms with Crippen LogP contribution in [0.3, 0.4) is 0 Å². The molecule has 1 saturated carbocycles. The zero-order chi connectivity index (χ0) is 17.3. The fourth-order valence-electron chi connectivity index (χ4n) is 3.63. The Morgan fingerprint density at radius 3 is 2.54 bits per heavy atom. The molecule has 1 aliphatic heterocycles. The molecule has 24 heavy (non-hydrogen) atoms. The molecule has 5 nitrogen and oxygen atoms in total. The summed E-state index contributed by atoms with van der Waals surface area (Å²) >= 11 is 0. The second kappa shape index (κ2) is 6.42. The van der Waals surface area contributed by atoms with Gasteiger partial charge in [-0.05, 0) is 41.9 Å². The van der Waals surface area contributed by atoms with Gasteiger partial charge >= 0.3 is 6.03 Å². The SMILES string of the molecule is CC1(C)[C@@H]2CN(C(=O)NCCCNC(=O)c3cccc(F)c3)C[C@@H]21. The standard InChI is InChI=1S/C18H24FN3O2/c1-18(2)14-10-22(11-15(14)18)17(24)21-8-4-7-20-16(23)12-5-3-6-13(19)9-12/h3,5-6,9,14-15H,4,7-8,10-11H2,1-2H3,(H,20,23)(H,21,24)/t14-,15+. The summed E-state index contributed by atoms with van der Waals surface area (Å²) in [5.41, 5.74) is 0.704. The maximum Gasteiger partial charge on any atom is 0.317 e. The molecule has 2 N–H and O–H groups in total. The summed E-state index contributed by atoms with van der Waals surface area (Å²) in [4.78, 5) is 25.8. The van der Waals surface area contributed by atoms with E-state index in [9.17, 15) is 14.0 Å². The highest BCUT2D eigenvalue weighted by atomic mass is 19.1. The molecule has 0 unspecified atom stereocenters. The lowest BCUT2D eigenvalue weighted by Gasteiger charge is -2.22. The Kier molecular flexibility index (Phi) is 4.47. The van der Waals surface area contributed by atoms with E-state index < -0.39 is 5.82 Å². The van der Waals surface area contributed by atoms with Gasteiger partial charge in [0, 0.05) is 31.7 Å². The van der Waals surface area contributed by atoms with Crippen molar-refractivity contribution < 1.29 is 14.0 Å². The topological polar surface area (TPSA) is 61.4 Å². The molecular weight excluding hydrogens is 309 g/mol. The molecular formula is C18H24FN3O2. The van der Waals surface area contributed by atoms with Crippen LogP contribution in [0.25, 0.3) is 0 Å². The number of hydrogen-bond donors (Lipinski definition) is 2. The minimum Gasteiger partial charge on any atom is -0.352 e. The number of piperidine rings is 1. The molecule has 0 bridgehead atoms. The summed E-state index contributed by atoms with van der Waals surface area (Å²) in [5, 5.41) is 5.62. The smallest absolute Gasteiger partial charge is 0.317 e. The van der Waals surface area contributed by atoms with Crippen LogP contribution in [0.4, 0.5) is 9.18 Å². The summed E-state index contributed by atoms with van der Waals surface area (Å²) in [6.07, 6.45) is 0.638. The van der Waals surface area contributed by atoms with Crippen molar-refractivity contribution in [1.82, 2.24) is 15.5 Å². The number of hydrogen-bond acceptors (Lipinski definition) is 2. The third-order valence-corrected chi connectivity index (χ3v) is 5.41. The molecule has 0 aromatic heterocycles. The average Bonchev–Trinajstić information content (AvgIpc) is 2.92. The molecule has 2 atom stereocenters. The normalized spacial score (nSPS) is 23.5. The van der Waals surface area contributed by atoms with Crippen molar-refractivity contribution in [1.29, 1.82) is 0 Å². The van der Waals surface area contributed by atoms with Crippen LogP contribution < -0.4 is 10.6 Å². The predicted octanol–water partition coefficient (Wildman–Crippen LogP) is 2.24. The van der Waals surface area contributed by atoms with Crippen molar-refractivity contribution >= 4 is 11.9 Å². The monoisotopic (exact) mass is 333 g/mol. The van der Waals surface area contributed by atoms with Gasteiger partial charge in [0.2, 0.25) is 0 Å². The van der Waals surface area contributed by atoms with E-state index in [0.29, 0.717) is 42.3 Å². The second-order valence-corrected chi connectivity index (χ2v) is 7.29. The van der Waals surface area contributed by atoms with Crippen LogP contribution in [-0.2, 0) is 0 Å². The number of carbonyl (C=O) groups is 2. The number of urea groups is 1. The first-order chi connectivity index (χ1) is 11.4. The minimum absolute atomic E-state index is 0.0190. The van der Waals surface area contributed by atoms with Crippen molar-refractivity contribution in [2.24, 2.45) is 17.3 Å². The highest BCUT2D eigenvalue weighted by Crippen LogP contribution is 2.61. The summed E-state index contributed by atoms with van der Waals surface area (Å²) in [6.45, 7) is 7.17. The predicted molar refractivity (Wildman–Crippen MR) is 89.1 cm³/mol. The minimum atomic E-state index is -0.429. The van der Waals surface area contributed by atoms with Gasteiger partial charge in [0.15, 0.2) is 0 Å². The van der Waals surface area contributed by atoms with Crippen LogP contribution >= 0.6 is 0 Å². The first-order valence-corrected chi connectivity index (χ1v) is 8.46. The zero-order valence-electron chi connectivity index (χ0n) is 14.1. The van der Waals surface area contributed by atoms with Crippen molar-refractivity contribution in [3.63, 3.8) is 0 Å². The van der Waals surface area contributed by atoms with Crippen molar-refractivity contribution in [2.45, 2.75) is 20.3 Å². The molecule has 6 heteroatoms. The molecule has 3 rings (SSSR count). The molecule has 1 aromatic rings. The average molecular weight is 333 g/mol. The van der Waals surface area contributed by atoms with E-state index in [1.807, 2.05) is 4.90 Å². The van der Waals surface area contributed by atoms with Crippen LogP contribution in [-0.4, -0.2) is 43.0 Å². The van der Waals surface area contributed by atoms with E-state index >= 15 is 0 Å². The highest BCUT2D eigenvalue weighted by Gasteiger charge is 2.62. The number of likely N-dealkylation sites (tertiary alicyclic amines) is 1. The Labute approximate surface area is 141 Å². The van der Waals surface area contributed by atoms with Crippen LogP contribution in [0.5, 0.6) is 0 Å². The lowest BCUT2D eigenvalue weighted by atomic mass is 10.1. The maximum atomic E-state index is 13.1. The van der Waals surface area contributed by atoms with Gasteiger partial charge < -0.3 is 15.5 Å². The quantitative estimate of drug-likeness (QED) is 0.812. The summed E-state index contributed by atoms with van der Waals surface area (Å²) in [7, 11) is 0. The van der Waals surface area contributed by atoms with Gasteiger partial charge in [-0.25, -0.2) is 9.18 Å². The van der Waals surface area contributed by atoms with E-state index in [-0.39, 0.29) is 11.9 Å².